The molecule has 8 nitrogen and oxygen atoms in total. The summed E-state index contributed by atoms with van der Waals surface area (Å²) in [5, 5.41) is 3.16. The summed E-state index contributed by atoms with van der Waals surface area (Å²) in [6, 6.07) is 0. The Kier molecular flexibility index (Phi) is 7.93. The number of hydrogen-bond donors (Lipinski definition) is 1. The molecule has 1 aliphatic rings. The fourth-order valence-electron chi connectivity index (χ4n) is 2.03. The van der Waals surface area contributed by atoms with Gasteiger partial charge in [0.2, 0.25) is 5.91 Å². The Morgan fingerprint density at radius 1 is 1.26 bits per heavy atom. The summed E-state index contributed by atoms with van der Waals surface area (Å²) in [5.74, 6) is 0.594. The van der Waals surface area contributed by atoms with Gasteiger partial charge in [0, 0.05) is 46.8 Å². The number of amides is 2. The number of carbonyl (C=O) groups excluding carboxylic acids is 2. The number of carbonyl (C=O) groups is 2. The summed E-state index contributed by atoms with van der Waals surface area (Å²) in [6.07, 6.45) is 1.45. The molecule has 1 heterocycles. The maximum Gasteiger partial charge on any atom is 0.409 e. The Hall–Kier alpha value is -2.25. The minimum absolute atomic E-state index is 0.0620. The van der Waals surface area contributed by atoms with Crippen LogP contribution in [0.3, 0.4) is 0 Å². The van der Waals surface area contributed by atoms with Crippen LogP contribution in [0.2, 0.25) is 0 Å². The Morgan fingerprint density at radius 2 is 1.87 bits per heavy atom. The van der Waals surface area contributed by atoms with Crippen LogP contribution in [0.25, 0.3) is 0 Å². The highest BCUT2D eigenvalue weighted by Gasteiger charge is 2.23. The Balaban J connectivity index is 2.63. The quantitative estimate of drug-likeness (QED) is 0.437. The number of piperazine rings is 1. The maximum atomic E-state index is 11.7. The summed E-state index contributed by atoms with van der Waals surface area (Å²) < 4.78 is 5.01. The molecule has 0 unspecified atom stereocenters. The summed E-state index contributed by atoms with van der Waals surface area (Å²) in [6.45, 7) is 8.90. The lowest BCUT2D eigenvalue weighted by Gasteiger charge is -2.35. The first kappa shape index (κ1) is 18.8. The molecule has 8 heteroatoms. The lowest BCUT2D eigenvalue weighted by molar-refractivity contribution is -0.127. The molecule has 1 aliphatic heterocycles. The lowest BCUT2D eigenvalue weighted by atomic mass is 10.3. The van der Waals surface area contributed by atoms with Crippen LogP contribution in [-0.2, 0) is 9.53 Å². The van der Waals surface area contributed by atoms with Crippen molar-refractivity contribution in [3.8, 4) is 0 Å². The molecular weight excluding hydrogens is 298 g/mol. The molecule has 130 valence electrons. The third-order valence-corrected chi connectivity index (χ3v) is 3.37. The number of likely N-dealkylation sites (N-methyl/N-ethyl adjacent to an activating group) is 1. The topological polar surface area (TPSA) is 77.5 Å². The fourth-order valence-corrected chi connectivity index (χ4v) is 2.03. The van der Waals surface area contributed by atoms with E-state index in [0.29, 0.717) is 45.3 Å². The van der Waals surface area contributed by atoms with Crippen LogP contribution in [0.4, 0.5) is 4.79 Å². The molecule has 1 fully saturated rings. The molecule has 23 heavy (non-hydrogen) atoms. The third kappa shape index (κ3) is 6.17. The van der Waals surface area contributed by atoms with E-state index in [9.17, 15) is 9.59 Å². The molecular formula is C15H27N5O3. The molecule has 0 bridgehead atoms. The van der Waals surface area contributed by atoms with Crippen LogP contribution in [0.5, 0.6) is 0 Å². The molecule has 0 saturated carbocycles. The predicted octanol–water partition coefficient (Wildman–Crippen LogP) is -0.0197. The number of hydrogen-bond acceptors (Lipinski definition) is 4. The number of rotatable bonds is 5. The zero-order valence-corrected chi connectivity index (χ0v) is 14.2. The SMILES string of the molecule is C=CCNC(=NCC(=O)N(C)C)N1CCN(C(=O)OCC)CC1. The van der Waals surface area contributed by atoms with Gasteiger partial charge in [0.1, 0.15) is 6.54 Å². The van der Waals surface area contributed by atoms with Crippen molar-refractivity contribution in [2.45, 2.75) is 6.92 Å². The van der Waals surface area contributed by atoms with Crippen molar-refractivity contribution in [2.75, 3.05) is 60.0 Å². The van der Waals surface area contributed by atoms with Crippen molar-refractivity contribution >= 4 is 18.0 Å². The van der Waals surface area contributed by atoms with Crippen LogP contribution in [-0.4, -0.2) is 92.6 Å². The van der Waals surface area contributed by atoms with Crippen LogP contribution in [0.1, 0.15) is 6.92 Å². The third-order valence-electron chi connectivity index (χ3n) is 3.37. The van der Waals surface area contributed by atoms with E-state index in [0.717, 1.165) is 0 Å². The van der Waals surface area contributed by atoms with E-state index < -0.39 is 0 Å². The molecule has 0 radical (unpaired) electrons. The van der Waals surface area contributed by atoms with E-state index in [1.165, 1.54) is 4.90 Å². The standard InChI is InChI=1S/C15H27N5O3/c1-5-7-16-14(17-12-13(21)18(3)4)19-8-10-20(11-9-19)15(22)23-6-2/h5H,1,6-12H2,2-4H3,(H,16,17). The second-order valence-corrected chi connectivity index (χ2v) is 5.27. The van der Waals surface area contributed by atoms with Gasteiger partial charge in [-0.3, -0.25) is 4.79 Å². The Labute approximate surface area is 137 Å². The predicted molar refractivity (Wildman–Crippen MR) is 89.4 cm³/mol. The molecule has 0 spiro atoms. The van der Waals surface area contributed by atoms with Gasteiger partial charge < -0.3 is 24.8 Å². The largest absolute Gasteiger partial charge is 0.450 e. The van der Waals surface area contributed by atoms with E-state index in [1.807, 2.05) is 4.90 Å². The van der Waals surface area contributed by atoms with E-state index in [2.05, 4.69) is 16.9 Å². The molecule has 0 aromatic heterocycles. The van der Waals surface area contributed by atoms with Crippen molar-refractivity contribution in [1.29, 1.82) is 0 Å². The minimum atomic E-state index is -0.285. The van der Waals surface area contributed by atoms with Crippen LogP contribution in [0.15, 0.2) is 17.6 Å². The summed E-state index contributed by atoms with van der Waals surface area (Å²) in [5.41, 5.74) is 0. The molecule has 1 N–H and O–H groups in total. The van der Waals surface area contributed by atoms with Gasteiger partial charge in [-0.1, -0.05) is 6.08 Å². The zero-order valence-electron chi connectivity index (χ0n) is 14.2. The van der Waals surface area contributed by atoms with Crippen LogP contribution >= 0.6 is 0 Å². The van der Waals surface area contributed by atoms with Gasteiger partial charge in [-0.2, -0.15) is 0 Å². The van der Waals surface area contributed by atoms with Crippen molar-refractivity contribution in [1.82, 2.24) is 20.0 Å². The molecule has 1 rings (SSSR count). The lowest BCUT2D eigenvalue weighted by Crippen LogP contribution is -2.54. The normalized spacial score (nSPS) is 15.2. The number of nitrogens with zero attached hydrogens (tertiary/aromatic N) is 4. The number of nitrogens with one attached hydrogen (secondary N) is 1. The molecule has 2 amide bonds. The first-order valence-corrected chi connectivity index (χ1v) is 7.75. The zero-order chi connectivity index (χ0) is 17.2. The Morgan fingerprint density at radius 3 is 2.39 bits per heavy atom. The first-order chi connectivity index (χ1) is 11.0. The van der Waals surface area contributed by atoms with Crippen LogP contribution < -0.4 is 5.32 Å². The van der Waals surface area contributed by atoms with Crippen molar-refractivity contribution in [2.24, 2.45) is 4.99 Å². The minimum Gasteiger partial charge on any atom is -0.450 e. The second kappa shape index (κ2) is 9.70. The Bertz CT molecular complexity index is 442. The number of guanidine groups is 1. The van der Waals surface area contributed by atoms with Gasteiger partial charge in [0.15, 0.2) is 5.96 Å². The van der Waals surface area contributed by atoms with Crippen molar-refractivity contribution in [3.05, 3.63) is 12.7 Å². The smallest absolute Gasteiger partial charge is 0.409 e. The number of aliphatic imine (C=N–C) groups is 1. The van der Waals surface area contributed by atoms with Gasteiger partial charge in [-0.15, -0.1) is 6.58 Å². The maximum absolute atomic E-state index is 11.7. The van der Waals surface area contributed by atoms with E-state index in [4.69, 9.17) is 4.74 Å². The highest BCUT2D eigenvalue weighted by Crippen LogP contribution is 2.04. The molecule has 0 aromatic carbocycles. The summed E-state index contributed by atoms with van der Waals surface area (Å²) >= 11 is 0. The highest BCUT2D eigenvalue weighted by molar-refractivity contribution is 5.85. The van der Waals surface area contributed by atoms with Gasteiger partial charge in [-0.25, -0.2) is 9.79 Å². The first-order valence-electron chi connectivity index (χ1n) is 7.75. The van der Waals surface area contributed by atoms with E-state index in [-0.39, 0.29) is 18.5 Å². The average Bonchev–Trinajstić information content (AvgIpc) is 2.55. The van der Waals surface area contributed by atoms with E-state index in [1.54, 1.807) is 32.0 Å². The highest BCUT2D eigenvalue weighted by atomic mass is 16.6. The summed E-state index contributed by atoms with van der Waals surface area (Å²) in [7, 11) is 3.40. The van der Waals surface area contributed by atoms with Crippen molar-refractivity contribution < 1.29 is 14.3 Å². The van der Waals surface area contributed by atoms with Gasteiger partial charge in [0.25, 0.3) is 0 Å². The average molecular weight is 325 g/mol. The second-order valence-electron chi connectivity index (χ2n) is 5.27. The van der Waals surface area contributed by atoms with Crippen molar-refractivity contribution in [3.63, 3.8) is 0 Å². The molecule has 0 aliphatic carbocycles. The fraction of sp³-hybridized carbons (Fsp3) is 0.667. The van der Waals surface area contributed by atoms with Gasteiger partial charge in [-0.05, 0) is 6.92 Å². The van der Waals surface area contributed by atoms with Gasteiger partial charge >= 0.3 is 6.09 Å². The van der Waals surface area contributed by atoms with Crippen LogP contribution in [0, 0.1) is 0 Å². The van der Waals surface area contributed by atoms with E-state index >= 15 is 0 Å². The monoisotopic (exact) mass is 325 g/mol. The molecule has 0 aromatic rings. The number of ether oxygens (including phenoxy) is 1. The van der Waals surface area contributed by atoms with Gasteiger partial charge in [0.05, 0.1) is 6.61 Å². The molecule has 0 atom stereocenters. The summed E-state index contributed by atoms with van der Waals surface area (Å²) in [4.78, 5) is 33.0. The molecule has 1 saturated heterocycles.